The monoisotopic (exact) mass is 316 g/mol. The average Bonchev–Trinajstić information content (AvgIpc) is 2.46. The van der Waals surface area contributed by atoms with Gasteiger partial charge in [0.25, 0.3) is 0 Å². The number of nitrogens with one attached hydrogen (secondary N) is 2. The lowest BCUT2D eigenvalue weighted by molar-refractivity contribution is -0.129. The Hall–Kier alpha value is -0.750. The summed E-state index contributed by atoms with van der Waals surface area (Å²) < 4.78 is 5.47. The highest BCUT2D eigenvalue weighted by molar-refractivity contribution is 7.98. The van der Waals surface area contributed by atoms with Gasteiger partial charge in [0.15, 0.2) is 0 Å². The minimum Gasteiger partial charge on any atom is -0.375 e. The van der Waals surface area contributed by atoms with E-state index in [1.807, 2.05) is 25.3 Å². The van der Waals surface area contributed by atoms with E-state index in [1.54, 1.807) is 11.8 Å². The minimum atomic E-state index is -0.251. The zero-order valence-electron chi connectivity index (χ0n) is 11.7. The molecule has 0 aliphatic carbocycles. The van der Waals surface area contributed by atoms with E-state index in [4.69, 9.17) is 4.74 Å². The van der Waals surface area contributed by atoms with Gasteiger partial charge in [-0.25, -0.2) is 0 Å². The quantitative estimate of drug-likeness (QED) is 0.832. The lowest BCUT2D eigenvalue weighted by atomic mass is 10.1. The molecule has 1 heterocycles. The fourth-order valence-corrected chi connectivity index (χ4v) is 2.48. The molecule has 0 bridgehead atoms. The third kappa shape index (κ3) is 4.66. The molecule has 1 aliphatic rings. The third-order valence-electron chi connectivity index (χ3n) is 3.22. The molecule has 2 rings (SSSR count). The lowest BCUT2D eigenvalue weighted by Crippen LogP contribution is -2.55. The number of hydrogen-bond acceptors (Lipinski definition) is 4. The Bertz CT molecular complexity index is 428. The molecule has 6 heteroatoms. The molecule has 2 atom stereocenters. The number of carbonyl (C=O) groups excluding carboxylic acids is 1. The maximum atomic E-state index is 12.0. The number of benzene rings is 1. The van der Waals surface area contributed by atoms with Crippen molar-refractivity contribution < 1.29 is 9.53 Å². The van der Waals surface area contributed by atoms with Gasteiger partial charge in [0.1, 0.15) is 6.04 Å². The highest BCUT2D eigenvalue weighted by atomic mass is 35.5. The van der Waals surface area contributed by atoms with Crippen LogP contribution in [0, 0.1) is 0 Å². The van der Waals surface area contributed by atoms with E-state index in [9.17, 15) is 4.79 Å². The fourth-order valence-electron chi connectivity index (χ4n) is 2.07. The number of carbonyl (C=O) groups is 1. The molecular weight excluding hydrogens is 296 g/mol. The largest absolute Gasteiger partial charge is 0.375 e. The van der Waals surface area contributed by atoms with Crippen molar-refractivity contribution in [3.8, 4) is 0 Å². The van der Waals surface area contributed by atoms with Crippen molar-refractivity contribution in [2.45, 2.75) is 30.5 Å². The number of halogens is 1. The molecule has 0 unspecified atom stereocenters. The van der Waals surface area contributed by atoms with E-state index in [0.29, 0.717) is 13.2 Å². The van der Waals surface area contributed by atoms with Crippen LogP contribution in [0.3, 0.4) is 0 Å². The molecule has 1 aromatic rings. The summed E-state index contributed by atoms with van der Waals surface area (Å²) in [5, 5.41) is 6.13. The van der Waals surface area contributed by atoms with Gasteiger partial charge in [-0.1, -0.05) is 12.1 Å². The minimum absolute atomic E-state index is 0. The lowest BCUT2D eigenvalue weighted by Gasteiger charge is -2.29. The molecular formula is C14H21ClN2O2S. The van der Waals surface area contributed by atoms with Gasteiger partial charge >= 0.3 is 0 Å². The zero-order chi connectivity index (χ0) is 13.7. The summed E-state index contributed by atoms with van der Waals surface area (Å²) in [5.74, 6) is 0.00106. The van der Waals surface area contributed by atoms with Gasteiger partial charge < -0.3 is 15.4 Å². The molecule has 4 nitrogen and oxygen atoms in total. The Labute approximate surface area is 130 Å². The summed E-state index contributed by atoms with van der Waals surface area (Å²) in [7, 11) is 0. The predicted molar refractivity (Wildman–Crippen MR) is 84.5 cm³/mol. The van der Waals surface area contributed by atoms with E-state index in [-0.39, 0.29) is 30.5 Å². The summed E-state index contributed by atoms with van der Waals surface area (Å²) in [4.78, 5) is 13.3. The van der Waals surface area contributed by atoms with Gasteiger partial charge in [-0.05, 0) is 30.9 Å². The van der Waals surface area contributed by atoms with E-state index in [0.717, 1.165) is 12.1 Å². The summed E-state index contributed by atoms with van der Waals surface area (Å²) >= 11 is 1.71. The van der Waals surface area contributed by atoms with Crippen LogP contribution in [0.25, 0.3) is 0 Å². The summed E-state index contributed by atoms with van der Waals surface area (Å²) in [6.07, 6.45) is 1.97. The number of hydrogen-bond donors (Lipinski definition) is 2. The van der Waals surface area contributed by atoms with Gasteiger partial charge in [-0.15, -0.1) is 24.2 Å². The molecule has 0 spiro atoms. The fraction of sp³-hybridized carbons (Fsp3) is 0.500. The van der Waals surface area contributed by atoms with Crippen molar-refractivity contribution in [3.05, 3.63) is 29.8 Å². The van der Waals surface area contributed by atoms with Crippen LogP contribution in [0.1, 0.15) is 12.5 Å². The molecule has 1 aliphatic heterocycles. The summed E-state index contributed by atoms with van der Waals surface area (Å²) in [6, 6.07) is 7.97. The Kier molecular flexibility index (Phi) is 7.37. The predicted octanol–water partition coefficient (Wildman–Crippen LogP) is 1.82. The molecule has 2 N–H and O–H groups in total. The Balaban J connectivity index is 0.00000200. The maximum absolute atomic E-state index is 12.0. The van der Waals surface area contributed by atoms with Crippen molar-refractivity contribution in [2.75, 3.05) is 19.4 Å². The van der Waals surface area contributed by atoms with E-state index >= 15 is 0 Å². The third-order valence-corrected chi connectivity index (χ3v) is 3.97. The van der Waals surface area contributed by atoms with Gasteiger partial charge in [0.05, 0.1) is 12.7 Å². The molecule has 1 aromatic carbocycles. The van der Waals surface area contributed by atoms with Crippen LogP contribution >= 0.6 is 24.2 Å². The number of rotatable bonds is 4. The van der Waals surface area contributed by atoms with Crippen LogP contribution in [0.2, 0.25) is 0 Å². The van der Waals surface area contributed by atoms with Crippen molar-refractivity contribution in [1.82, 2.24) is 10.6 Å². The zero-order valence-corrected chi connectivity index (χ0v) is 13.4. The van der Waals surface area contributed by atoms with Crippen molar-refractivity contribution in [2.24, 2.45) is 0 Å². The number of amides is 1. The number of thioether (sulfide) groups is 1. The second-order valence-corrected chi connectivity index (χ2v) is 5.45. The van der Waals surface area contributed by atoms with Crippen LogP contribution < -0.4 is 10.6 Å². The van der Waals surface area contributed by atoms with Crippen molar-refractivity contribution in [3.63, 3.8) is 0 Å². The van der Waals surface area contributed by atoms with Crippen LogP contribution in [0.4, 0.5) is 0 Å². The van der Waals surface area contributed by atoms with Crippen LogP contribution in [-0.4, -0.2) is 37.5 Å². The van der Waals surface area contributed by atoms with Gasteiger partial charge in [-0.3, -0.25) is 4.79 Å². The first-order valence-corrected chi connectivity index (χ1v) is 7.69. The van der Waals surface area contributed by atoms with Crippen molar-refractivity contribution in [1.29, 1.82) is 0 Å². The second kappa shape index (κ2) is 8.52. The first-order chi connectivity index (χ1) is 9.20. The Morgan fingerprint density at radius 1 is 1.45 bits per heavy atom. The van der Waals surface area contributed by atoms with E-state index < -0.39 is 0 Å². The van der Waals surface area contributed by atoms with E-state index in [2.05, 4.69) is 22.8 Å². The van der Waals surface area contributed by atoms with Gasteiger partial charge in [0.2, 0.25) is 5.91 Å². The van der Waals surface area contributed by atoms with Gasteiger partial charge in [-0.2, -0.15) is 0 Å². The standard InChI is InChI=1S/C14H20N2O2S.ClH/c1-10-13(15-7-8-18-10)14(17)16-9-11-3-5-12(19-2)6-4-11;/h3-6,10,13,15H,7-9H2,1-2H3,(H,16,17);1H/t10-,13+;/m1./s1. The Morgan fingerprint density at radius 3 is 2.75 bits per heavy atom. The molecule has 0 saturated carbocycles. The maximum Gasteiger partial charge on any atom is 0.240 e. The summed E-state index contributed by atoms with van der Waals surface area (Å²) in [5.41, 5.74) is 1.11. The average molecular weight is 317 g/mol. The highest BCUT2D eigenvalue weighted by Crippen LogP contribution is 2.14. The first-order valence-electron chi connectivity index (χ1n) is 6.46. The normalized spacial score (nSPS) is 21.9. The SMILES string of the molecule is CSc1ccc(CNC(=O)[C@H]2NCCO[C@@H]2C)cc1.Cl. The number of ether oxygens (including phenoxy) is 1. The van der Waals surface area contributed by atoms with Crippen LogP contribution in [-0.2, 0) is 16.1 Å². The highest BCUT2D eigenvalue weighted by Gasteiger charge is 2.27. The molecule has 112 valence electrons. The van der Waals surface area contributed by atoms with Gasteiger partial charge in [0, 0.05) is 18.0 Å². The summed E-state index contributed by atoms with van der Waals surface area (Å²) in [6.45, 7) is 3.87. The van der Waals surface area contributed by atoms with Crippen LogP contribution in [0.15, 0.2) is 29.2 Å². The molecule has 0 aromatic heterocycles. The molecule has 1 fully saturated rings. The topological polar surface area (TPSA) is 50.4 Å². The van der Waals surface area contributed by atoms with Crippen molar-refractivity contribution >= 4 is 30.1 Å². The Morgan fingerprint density at radius 2 is 2.15 bits per heavy atom. The smallest absolute Gasteiger partial charge is 0.240 e. The molecule has 1 saturated heterocycles. The second-order valence-electron chi connectivity index (χ2n) is 4.57. The first kappa shape index (κ1) is 17.3. The molecule has 0 radical (unpaired) electrons. The van der Waals surface area contributed by atoms with Crippen LogP contribution in [0.5, 0.6) is 0 Å². The number of morpholine rings is 1. The molecule has 20 heavy (non-hydrogen) atoms. The van der Waals surface area contributed by atoms with E-state index in [1.165, 1.54) is 4.90 Å². The molecule has 1 amide bonds.